The first kappa shape index (κ1) is 57.9. The zero-order valence-electron chi connectivity index (χ0n) is 41.6. The van der Waals surface area contributed by atoms with Crippen molar-refractivity contribution >= 4 is 23.4 Å². The summed E-state index contributed by atoms with van der Waals surface area (Å²) >= 11 is 0. The number of carboxylic acids is 1. The summed E-state index contributed by atoms with van der Waals surface area (Å²) in [4.78, 5) is 50.6. The topological polar surface area (TPSA) is 133 Å². The minimum absolute atomic E-state index is 0.0280. The van der Waals surface area contributed by atoms with Crippen LogP contribution in [0.3, 0.4) is 0 Å². The molecule has 0 fully saturated rings. The lowest BCUT2D eigenvalue weighted by atomic mass is 9.74. The van der Waals surface area contributed by atoms with Crippen molar-refractivity contribution in [2.75, 3.05) is 41.3 Å². The zero-order valence-corrected chi connectivity index (χ0v) is 41.6. The number of aliphatic carboxylic acids is 1. The minimum Gasteiger partial charge on any atom is -0.481 e. The number of nitrogens with zero attached hydrogens (tertiary/aromatic N) is 2. The fourth-order valence-electron chi connectivity index (χ4n) is 7.60. The summed E-state index contributed by atoms with van der Waals surface area (Å²) in [6.07, 6.45) is 1.31. The van der Waals surface area contributed by atoms with Gasteiger partial charge in [0.2, 0.25) is 5.91 Å². The van der Waals surface area contributed by atoms with Gasteiger partial charge in [-0.25, -0.2) is 17.6 Å². The van der Waals surface area contributed by atoms with E-state index >= 15 is 0 Å². The van der Waals surface area contributed by atoms with Crippen molar-refractivity contribution in [3.05, 3.63) is 142 Å². The summed E-state index contributed by atoms with van der Waals surface area (Å²) in [5.74, 6) is -4.08. The highest BCUT2D eigenvalue weighted by atomic mass is 19.1. The molecule has 4 aromatic carbocycles. The number of nitrogens with two attached hydrogens (primary N) is 1. The molecule has 0 unspecified atom stereocenters. The number of likely N-dealkylation sites (N-methyl/N-ethyl adjacent to an activating group) is 2. The molecule has 0 aliphatic carbocycles. The largest absolute Gasteiger partial charge is 0.481 e. The second-order valence-electron chi connectivity index (χ2n) is 19.5. The van der Waals surface area contributed by atoms with Gasteiger partial charge >= 0.3 is 5.97 Å². The maximum atomic E-state index is 14.6. The molecule has 368 valence electrons. The summed E-state index contributed by atoms with van der Waals surface area (Å²) in [5.41, 5.74) is 7.72. The maximum Gasteiger partial charge on any atom is 0.303 e. The van der Waals surface area contributed by atoms with E-state index in [0.29, 0.717) is 25.9 Å². The standard InChI is InChI=1S/C27H36F2N2O2.C14H20F2N2O.C13H18O2/c1-7-25(32)21-15-23(28)19(14-24(21)29)13-20(31(5)6)17-30-26(33)16-22(27(2,3)4)18-11-9-8-10-12-18;1-4-14(19)11-7-12(15)9(6-13(11)16)5-10(8-17)18(2)3;1-13(2,3)11(9-12(14)15)10-7-5-4-6-8-10/h8-12,14-15,20,22H,7,13,16-17H2,1-6H3,(H,30,33);6-7,10H,4-5,8,17H2,1-3H3;4-8,11H,9H2,1-3H3,(H,14,15)/t20-,22+;10-;11-/m001/s1. The number of halogens is 4. The number of nitrogens with one attached hydrogen (secondary N) is 1. The lowest BCUT2D eigenvalue weighted by molar-refractivity contribution is -0.138. The van der Waals surface area contributed by atoms with Crippen LogP contribution in [-0.2, 0) is 22.4 Å². The molecule has 0 saturated heterocycles. The highest BCUT2D eigenvalue weighted by molar-refractivity contribution is 5.96. The molecule has 0 spiro atoms. The molecule has 13 heteroatoms. The molecule has 0 aliphatic heterocycles. The number of carbonyl (C=O) groups is 4. The molecule has 0 aromatic heterocycles. The fourth-order valence-corrected chi connectivity index (χ4v) is 7.60. The quantitative estimate of drug-likeness (QED) is 0.0625. The van der Waals surface area contributed by atoms with Crippen molar-refractivity contribution < 1.29 is 41.8 Å². The Balaban J connectivity index is 0.000000382. The Morgan fingerprint density at radius 1 is 0.597 bits per heavy atom. The van der Waals surface area contributed by atoms with Crippen molar-refractivity contribution in [3.63, 3.8) is 0 Å². The number of Topliss-reactive ketones (excluding diaryl/α,β-unsaturated/α-hetero) is 2. The van der Waals surface area contributed by atoms with Gasteiger partial charge < -0.3 is 26.0 Å². The van der Waals surface area contributed by atoms with Gasteiger partial charge in [-0.15, -0.1) is 0 Å². The third kappa shape index (κ3) is 18.8. The zero-order chi connectivity index (χ0) is 50.8. The SMILES string of the molecule is CC(C)(C)[C@H](CC(=O)O)c1ccccc1.CCC(=O)c1cc(F)c(C[C@@H](CN)N(C)C)cc1F.CCC(=O)c1cc(F)c(C[C@@H](CNC(=O)C[C@H](c2ccccc2)C(C)(C)C)N(C)C)cc1F. The Morgan fingerprint density at radius 2 is 0.970 bits per heavy atom. The van der Waals surface area contributed by atoms with Crippen LogP contribution in [0, 0.1) is 34.1 Å². The van der Waals surface area contributed by atoms with Crippen LogP contribution in [0.4, 0.5) is 17.6 Å². The molecule has 0 saturated carbocycles. The van der Waals surface area contributed by atoms with Gasteiger partial charge in [-0.3, -0.25) is 19.2 Å². The molecule has 4 rings (SSSR count). The van der Waals surface area contributed by atoms with E-state index in [9.17, 15) is 36.7 Å². The Hall–Kier alpha value is -5.24. The average Bonchev–Trinajstić information content (AvgIpc) is 3.26. The average molecular weight is 935 g/mol. The second-order valence-corrected chi connectivity index (χ2v) is 19.5. The smallest absolute Gasteiger partial charge is 0.303 e. The van der Waals surface area contributed by atoms with Crippen LogP contribution in [0.1, 0.15) is 136 Å². The normalized spacial score (nSPS) is 13.4. The van der Waals surface area contributed by atoms with Gasteiger partial charge in [-0.05, 0) is 110 Å². The van der Waals surface area contributed by atoms with E-state index in [1.165, 1.54) is 0 Å². The predicted octanol–water partition coefficient (Wildman–Crippen LogP) is 10.6. The molecule has 0 bridgehead atoms. The fraction of sp³-hybridized carbons (Fsp3) is 0.481. The van der Waals surface area contributed by atoms with Crippen molar-refractivity contribution in [1.29, 1.82) is 0 Å². The van der Waals surface area contributed by atoms with Crippen LogP contribution < -0.4 is 11.1 Å². The van der Waals surface area contributed by atoms with E-state index in [1.807, 2.05) is 98.7 Å². The minimum atomic E-state index is -0.737. The molecule has 67 heavy (non-hydrogen) atoms. The summed E-state index contributed by atoms with van der Waals surface area (Å²) in [7, 11) is 7.34. The first-order valence-electron chi connectivity index (χ1n) is 22.9. The summed E-state index contributed by atoms with van der Waals surface area (Å²) in [5, 5.41) is 11.9. The number of amides is 1. The van der Waals surface area contributed by atoms with Crippen LogP contribution in [0.15, 0.2) is 84.9 Å². The third-order valence-electron chi connectivity index (χ3n) is 12.0. The Labute approximate surface area is 396 Å². The van der Waals surface area contributed by atoms with Crippen molar-refractivity contribution in [3.8, 4) is 0 Å². The molecule has 0 aliphatic rings. The molecule has 9 nitrogen and oxygen atoms in total. The lowest BCUT2D eigenvalue weighted by Crippen LogP contribution is -2.42. The van der Waals surface area contributed by atoms with E-state index < -0.39 is 40.8 Å². The summed E-state index contributed by atoms with van der Waals surface area (Å²) in [6.45, 7) is 16.5. The van der Waals surface area contributed by atoms with Crippen molar-refractivity contribution in [2.45, 2.75) is 118 Å². The number of carbonyl (C=O) groups excluding carboxylic acids is 3. The van der Waals surface area contributed by atoms with E-state index in [1.54, 1.807) is 13.8 Å². The highest BCUT2D eigenvalue weighted by Crippen LogP contribution is 2.38. The summed E-state index contributed by atoms with van der Waals surface area (Å²) < 4.78 is 56.7. The highest BCUT2D eigenvalue weighted by Gasteiger charge is 2.30. The molecule has 4 N–H and O–H groups in total. The lowest BCUT2D eigenvalue weighted by Gasteiger charge is -2.31. The van der Waals surface area contributed by atoms with E-state index in [-0.39, 0.29) is 88.6 Å². The van der Waals surface area contributed by atoms with Gasteiger partial charge in [0.1, 0.15) is 23.3 Å². The van der Waals surface area contributed by atoms with Gasteiger partial charge in [0, 0.05) is 44.4 Å². The Bertz CT molecular complexity index is 2210. The van der Waals surface area contributed by atoms with Crippen LogP contribution >= 0.6 is 0 Å². The number of benzene rings is 4. The summed E-state index contributed by atoms with van der Waals surface area (Å²) in [6, 6.07) is 23.7. The van der Waals surface area contributed by atoms with Crippen LogP contribution in [0.25, 0.3) is 0 Å². The number of hydrogen-bond acceptors (Lipinski definition) is 7. The Morgan fingerprint density at radius 3 is 1.30 bits per heavy atom. The van der Waals surface area contributed by atoms with Gasteiger partial charge in [0.25, 0.3) is 0 Å². The van der Waals surface area contributed by atoms with E-state index in [0.717, 1.165) is 35.4 Å². The first-order chi connectivity index (χ1) is 31.2. The van der Waals surface area contributed by atoms with E-state index in [2.05, 4.69) is 46.9 Å². The van der Waals surface area contributed by atoms with Crippen LogP contribution in [0.5, 0.6) is 0 Å². The maximum absolute atomic E-state index is 14.6. The van der Waals surface area contributed by atoms with Gasteiger partial charge in [-0.2, -0.15) is 0 Å². The van der Waals surface area contributed by atoms with Crippen LogP contribution in [0.2, 0.25) is 0 Å². The van der Waals surface area contributed by atoms with Crippen molar-refractivity contribution in [2.24, 2.45) is 16.6 Å². The second kappa shape index (κ2) is 26.9. The Kier molecular flexibility index (Phi) is 23.3. The molecule has 4 aromatic rings. The molecular weight excluding hydrogens is 861 g/mol. The molecule has 1 amide bonds. The number of rotatable bonds is 19. The van der Waals surface area contributed by atoms with Gasteiger partial charge in [0.05, 0.1) is 17.5 Å². The van der Waals surface area contributed by atoms with Crippen LogP contribution in [-0.4, -0.2) is 91.7 Å². The van der Waals surface area contributed by atoms with Crippen molar-refractivity contribution in [1.82, 2.24) is 15.1 Å². The molecule has 4 atom stereocenters. The first-order valence-corrected chi connectivity index (χ1v) is 22.9. The number of carboxylic acid groups (broad SMARTS) is 1. The number of ketones is 2. The van der Waals surface area contributed by atoms with E-state index in [4.69, 9.17) is 10.8 Å². The van der Waals surface area contributed by atoms with Gasteiger partial charge in [-0.1, -0.05) is 116 Å². The predicted molar refractivity (Wildman–Crippen MR) is 261 cm³/mol. The third-order valence-corrected chi connectivity index (χ3v) is 12.0. The monoisotopic (exact) mass is 935 g/mol. The molecule has 0 heterocycles. The molecule has 0 radical (unpaired) electrons. The van der Waals surface area contributed by atoms with Gasteiger partial charge in [0.15, 0.2) is 11.6 Å². The number of hydrogen-bond donors (Lipinski definition) is 3. The molecular formula is C54H74F4N4O5.